The Morgan fingerprint density at radius 2 is 1.81 bits per heavy atom. The molecule has 0 bridgehead atoms. The SMILES string of the molecule is CC[C@@H](Nc1nc(NC(C)C)nc(C2=CCC(F)CCC2)n1)C(F)(F)F. The van der Waals surface area contributed by atoms with E-state index in [2.05, 4.69) is 25.6 Å². The fourth-order valence-corrected chi connectivity index (χ4v) is 2.69. The van der Waals surface area contributed by atoms with E-state index < -0.39 is 18.4 Å². The quantitative estimate of drug-likeness (QED) is 0.703. The summed E-state index contributed by atoms with van der Waals surface area (Å²) in [5, 5.41) is 5.35. The minimum absolute atomic E-state index is 0.000948. The monoisotopic (exact) mass is 375 g/mol. The van der Waals surface area contributed by atoms with Gasteiger partial charge in [0.1, 0.15) is 12.2 Å². The highest BCUT2D eigenvalue weighted by Crippen LogP contribution is 2.28. The van der Waals surface area contributed by atoms with E-state index in [4.69, 9.17) is 0 Å². The maximum atomic E-state index is 13.6. The summed E-state index contributed by atoms with van der Waals surface area (Å²) in [6, 6.07) is -1.75. The number of halogens is 4. The van der Waals surface area contributed by atoms with Crippen molar-refractivity contribution in [3.63, 3.8) is 0 Å². The highest BCUT2D eigenvalue weighted by atomic mass is 19.4. The molecule has 1 unspecified atom stereocenters. The molecule has 0 amide bonds. The molecule has 1 aromatic rings. The van der Waals surface area contributed by atoms with E-state index in [0.717, 1.165) is 5.57 Å². The Bertz CT molecular complexity index is 630. The summed E-state index contributed by atoms with van der Waals surface area (Å²) in [5.41, 5.74) is 0.738. The van der Waals surface area contributed by atoms with Gasteiger partial charge in [0.25, 0.3) is 0 Å². The third-order valence-corrected chi connectivity index (χ3v) is 4.03. The lowest BCUT2D eigenvalue weighted by atomic mass is 10.1. The summed E-state index contributed by atoms with van der Waals surface area (Å²) in [6.07, 6.45) is -1.78. The number of nitrogens with zero attached hydrogens (tertiary/aromatic N) is 3. The largest absolute Gasteiger partial charge is 0.408 e. The van der Waals surface area contributed by atoms with Crippen molar-refractivity contribution in [3.05, 3.63) is 11.9 Å². The van der Waals surface area contributed by atoms with Crippen LogP contribution < -0.4 is 10.6 Å². The van der Waals surface area contributed by atoms with Gasteiger partial charge >= 0.3 is 6.18 Å². The molecule has 5 nitrogen and oxygen atoms in total. The smallest absolute Gasteiger partial charge is 0.352 e. The molecule has 0 aromatic carbocycles. The van der Waals surface area contributed by atoms with Crippen LogP contribution in [0, 0.1) is 0 Å². The molecule has 2 rings (SSSR count). The Morgan fingerprint density at radius 3 is 2.38 bits per heavy atom. The molecular formula is C17H25F4N5. The Hall–Kier alpha value is -1.93. The van der Waals surface area contributed by atoms with Crippen molar-refractivity contribution in [2.45, 2.75) is 77.3 Å². The summed E-state index contributed by atoms with van der Waals surface area (Å²) in [6.45, 7) is 5.19. The van der Waals surface area contributed by atoms with Gasteiger partial charge in [0.15, 0.2) is 5.82 Å². The molecule has 0 spiro atoms. The van der Waals surface area contributed by atoms with E-state index in [-0.39, 0.29) is 36.6 Å². The van der Waals surface area contributed by atoms with Gasteiger partial charge in [-0.3, -0.25) is 0 Å². The molecule has 26 heavy (non-hydrogen) atoms. The number of rotatable bonds is 6. The van der Waals surface area contributed by atoms with E-state index in [9.17, 15) is 17.6 Å². The first-order chi connectivity index (χ1) is 12.2. The lowest BCUT2D eigenvalue weighted by molar-refractivity contribution is -0.143. The van der Waals surface area contributed by atoms with Crippen LogP contribution in [0.5, 0.6) is 0 Å². The Balaban J connectivity index is 2.35. The molecule has 0 saturated carbocycles. The maximum absolute atomic E-state index is 13.6. The third kappa shape index (κ3) is 5.81. The van der Waals surface area contributed by atoms with E-state index in [1.165, 1.54) is 6.92 Å². The topological polar surface area (TPSA) is 62.7 Å². The summed E-state index contributed by atoms with van der Waals surface area (Å²) >= 11 is 0. The summed E-state index contributed by atoms with van der Waals surface area (Å²) in [4.78, 5) is 12.5. The predicted molar refractivity (Wildman–Crippen MR) is 93.7 cm³/mol. The minimum Gasteiger partial charge on any atom is -0.352 e. The van der Waals surface area contributed by atoms with E-state index in [1.807, 2.05) is 13.8 Å². The second-order valence-electron chi connectivity index (χ2n) is 6.71. The third-order valence-electron chi connectivity index (χ3n) is 4.03. The van der Waals surface area contributed by atoms with Crippen LogP contribution in [-0.2, 0) is 0 Å². The van der Waals surface area contributed by atoms with Gasteiger partial charge in [-0.25, -0.2) is 4.39 Å². The zero-order valence-electron chi connectivity index (χ0n) is 15.2. The average molecular weight is 375 g/mol. The van der Waals surface area contributed by atoms with E-state index >= 15 is 0 Å². The van der Waals surface area contributed by atoms with Gasteiger partial charge in [0.05, 0.1) is 0 Å². The van der Waals surface area contributed by atoms with Crippen LogP contribution in [0.15, 0.2) is 6.08 Å². The molecule has 1 aliphatic rings. The fourth-order valence-electron chi connectivity index (χ4n) is 2.69. The van der Waals surface area contributed by atoms with Crippen LogP contribution >= 0.6 is 0 Å². The highest BCUT2D eigenvalue weighted by Gasteiger charge is 2.38. The van der Waals surface area contributed by atoms with Crippen molar-refractivity contribution in [2.75, 3.05) is 10.6 Å². The molecule has 1 aromatic heterocycles. The molecule has 0 fully saturated rings. The Kier molecular flexibility index (Phi) is 6.77. The Labute approximate surface area is 150 Å². The molecule has 1 aliphatic carbocycles. The van der Waals surface area contributed by atoms with Crippen molar-refractivity contribution in [1.29, 1.82) is 0 Å². The number of nitrogens with one attached hydrogen (secondary N) is 2. The number of aromatic nitrogens is 3. The zero-order valence-corrected chi connectivity index (χ0v) is 15.2. The van der Waals surface area contributed by atoms with Gasteiger partial charge in [0, 0.05) is 6.04 Å². The molecule has 2 atom stereocenters. The van der Waals surface area contributed by atoms with Gasteiger partial charge in [-0.2, -0.15) is 28.1 Å². The van der Waals surface area contributed by atoms with Crippen LogP contribution in [0.4, 0.5) is 29.5 Å². The normalized spacial score (nSPS) is 19.7. The van der Waals surface area contributed by atoms with Crippen LogP contribution in [0.1, 0.15) is 58.7 Å². The number of hydrogen-bond acceptors (Lipinski definition) is 5. The molecule has 9 heteroatoms. The van der Waals surface area contributed by atoms with Crippen molar-refractivity contribution < 1.29 is 17.6 Å². The Morgan fingerprint density at radius 1 is 1.15 bits per heavy atom. The van der Waals surface area contributed by atoms with Gasteiger partial charge in [-0.15, -0.1) is 0 Å². The van der Waals surface area contributed by atoms with Crippen molar-refractivity contribution in [1.82, 2.24) is 15.0 Å². The number of anilines is 2. The molecule has 146 valence electrons. The molecular weight excluding hydrogens is 350 g/mol. The number of allylic oxidation sites excluding steroid dienone is 2. The van der Waals surface area contributed by atoms with Gasteiger partial charge < -0.3 is 10.6 Å². The molecule has 0 aliphatic heterocycles. The predicted octanol–water partition coefficient (Wildman–Crippen LogP) is 4.74. The standard InChI is InChI=1S/C17H25F4N5/c1-4-13(17(19,20)21)23-16-25-14(24-15(26-16)22-10(2)3)11-6-5-7-12(18)9-8-11/h8,10,12-13H,4-7,9H2,1-3H3,(H2,22,23,24,25,26)/t12?,13-/m1/s1. The van der Waals surface area contributed by atoms with Crippen molar-refractivity contribution in [2.24, 2.45) is 0 Å². The number of alkyl halides is 4. The summed E-state index contributed by atoms with van der Waals surface area (Å²) in [7, 11) is 0. The molecule has 0 saturated heterocycles. The first-order valence-corrected chi connectivity index (χ1v) is 8.88. The van der Waals surface area contributed by atoms with Gasteiger partial charge in [-0.1, -0.05) is 13.0 Å². The van der Waals surface area contributed by atoms with Crippen LogP contribution in [-0.4, -0.2) is 39.4 Å². The highest BCUT2D eigenvalue weighted by molar-refractivity contribution is 5.62. The first kappa shape index (κ1) is 20.4. The first-order valence-electron chi connectivity index (χ1n) is 8.88. The second-order valence-corrected chi connectivity index (χ2v) is 6.71. The molecule has 2 N–H and O–H groups in total. The minimum atomic E-state index is -4.41. The zero-order chi connectivity index (χ0) is 19.3. The van der Waals surface area contributed by atoms with Crippen molar-refractivity contribution in [3.8, 4) is 0 Å². The average Bonchev–Trinajstić information content (AvgIpc) is 2.75. The summed E-state index contributed by atoms with van der Waals surface area (Å²) in [5.74, 6) is 0.354. The maximum Gasteiger partial charge on any atom is 0.408 e. The van der Waals surface area contributed by atoms with Crippen LogP contribution in [0.3, 0.4) is 0 Å². The van der Waals surface area contributed by atoms with Gasteiger partial charge in [-0.05, 0) is 51.5 Å². The van der Waals surface area contributed by atoms with E-state index in [0.29, 0.717) is 19.3 Å². The lowest BCUT2D eigenvalue weighted by Gasteiger charge is -2.21. The molecule has 0 radical (unpaired) electrons. The summed E-state index contributed by atoms with van der Waals surface area (Å²) < 4.78 is 52.8. The van der Waals surface area contributed by atoms with Crippen LogP contribution in [0.25, 0.3) is 5.57 Å². The van der Waals surface area contributed by atoms with Crippen LogP contribution in [0.2, 0.25) is 0 Å². The number of hydrogen-bond donors (Lipinski definition) is 2. The second kappa shape index (κ2) is 8.64. The lowest BCUT2D eigenvalue weighted by Crippen LogP contribution is -2.36. The van der Waals surface area contributed by atoms with E-state index in [1.54, 1.807) is 6.08 Å². The fraction of sp³-hybridized carbons (Fsp3) is 0.706. The van der Waals surface area contributed by atoms with Crippen molar-refractivity contribution >= 4 is 17.5 Å². The molecule has 1 heterocycles. The van der Waals surface area contributed by atoms with Gasteiger partial charge in [0.2, 0.25) is 11.9 Å².